The average Bonchev–Trinajstić information content (AvgIpc) is 3.62. The number of ether oxygens (including phenoxy) is 2. The molecule has 11 rings (SSSR count). The first-order chi connectivity index (χ1) is 27.3. The second kappa shape index (κ2) is 11.8. The Kier molecular flexibility index (Phi) is 6.88. The monoisotopic (exact) mass is 723 g/mol. The summed E-state index contributed by atoms with van der Waals surface area (Å²) in [5.74, 6) is 4.61. The van der Waals surface area contributed by atoms with Gasteiger partial charge in [-0.2, -0.15) is 0 Å². The van der Waals surface area contributed by atoms with E-state index in [1.807, 2.05) is 60.7 Å². The minimum Gasteiger partial charge on any atom is -0.449 e. The van der Waals surface area contributed by atoms with E-state index in [1.54, 1.807) is 0 Å². The Hall–Kier alpha value is -6.85. The van der Waals surface area contributed by atoms with Crippen molar-refractivity contribution >= 4 is 0 Å². The van der Waals surface area contributed by atoms with Gasteiger partial charge in [0.2, 0.25) is 0 Å². The molecule has 0 radical (unpaired) electrons. The number of nitrogens with zero attached hydrogens (tertiary/aromatic N) is 3. The van der Waals surface area contributed by atoms with E-state index in [-0.39, 0.29) is 10.8 Å². The van der Waals surface area contributed by atoms with Crippen molar-refractivity contribution in [3.05, 3.63) is 174 Å². The van der Waals surface area contributed by atoms with Gasteiger partial charge in [-0.15, -0.1) is 0 Å². The average molecular weight is 724 g/mol. The second-order valence-corrected chi connectivity index (χ2v) is 16.0. The van der Waals surface area contributed by atoms with Crippen LogP contribution in [0.1, 0.15) is 49.9 Å². The summed E-state index contributed by atoms with van der Waals surface area (Å²) < 4.78 is 13.7. The van der Waals surface area contributed by atoms with E-state index in [0.29, 0.717) is 34.7 Å². The van der Waals surface area contributed by atoms with Crippen molar-refractivity contribution in [1.29, 1.82) is 0 Å². The molecule has 0 saturated carbocycles. The van der Waals surface area contributed by atoms with Gasteiger partial charge >= 0.3 is 0 Å². The molecule has 0 N–H and O–H groups in total. The van der Waals surface area contributed by atoms with Gasteiger partial charge in [-0.3, -0.25) is 0 Å². The van der Waals surface area contributed by atoms with Crippen LogP contribution in [0.4, 0.5) is 0 Å². The van der Waals surface area contributed by atoms with E-state index < -0.39 is 0 Å². The molecule has 5 heteroatoms. The van der Waals surface area contributed by atoms with Crippen LogP contribution in [0.3, 0.4) is 0 Å². The summed E-state index contributed by atoms with van der Waals surface area (Å²) in [7, 11) is 0. The first-order valence-electron chi connectivity index (χ1n) is 19.2. The standard InChI is InChI=1S/C51H37N3O2/c1-50(2)39-23-13-11-20-37(39)44-40(50)27-28-43-46(44)56-42-24-14-21-35(45(42)55-43)32-17-8-9-19-36(32)49-53-47(30-15-6-5-7-16-30)52-48(54-49)31-25-26-34-33-18-10-12-22-38(33)51(3,4)41(34)29-31/h5-29H,1-4H3. The SMILES string of the molecule is CC1(C)c2ccccc2-c2ccc(-c3nc(-c4ccccc4)nc(-c4ccccc4-c4cccc5c4Oc4ccc6c(c4O5)-c4ccccc4C6(C)C)n3)cc21. The Labute approximate surface area is 326 Å². The largest absolute Gasteiger partial charge is 0.449 e. The van der Waals surface area contributed by atoms with E-state index in [4.69, 9.17) is 24.4 Å². The molecule has 0 spiro atoms. The van der Waals surface area contributed by atoms with Gasteiger partial charge in [-0.25, -0.2) is 15.0 Å². The lowest BCUT2D eigenvalue weighted by Gasteiger charge is -2.26. The number of aromatic nitrogens is 3. The van der Waals surface area contributed by atoms with Crippen LogP contribution in [-0.2, 0) is 10.8 Å². The molecular formula is C51H37N3O2. The fraction of sp³-hybridized carbons (Fsp3) is 0.118. The zero-order valence-corrected chi connectivity index (χ0v) is 31.6. The molecule has 2 aliphatic carbocycles. The predicted octanol–water partition coefficient (Wildman–Crippen LogP) is 13.1. The smallest absolute Gasteiger partial charge is 0.178 e. The van der Waals surface area contributed by atoms with Crippen molar-refractivity contribution < 1.29 is 9.47 Å². The number of rotatable bonds is 4. The van der Waals surface area contributed by atoms with Gasteiger partial charge < -0.3 is 9.47 Å². The van der Waals surface area contributed by atoms with Crippen molar-refractivity contribution in [2.75, 3.05) is 0 Å². The molecule has 268 valence electrons. The number of para-hydroxylation sites is 1. The van der Waals surface area contributed by atoms with Crippen molar-refractivity contribution in [3.8, 4) is 90.5 Å². The highest BCUT2D eigenvalue weighted by Gasteiger charge is 2.40. The molecule has 0 atom stereocenters. The molecule has 0 unspecified atom stereocenters. The van der Waals surface area contributed by atoms with Gasteiger partial charge in [0.1, 0.15) is 0 Å². The molecule has 5 nitrogen and oxygen atoms in total. The lowest BCUT2D eigenvalue weighted by molar-refractivity contribution is 0.361. The second-order valence-electron chi connectivity index (χ2n) is 16.0. The van der Waals surface area contributed by atoms with E-state index in [1.165, 1.54) is 38.9 Å². The van der Waals surface area contributed by atoms with E-state index in [9.17, 15) is 0 Å². The van der Waals surface area contributed by atoms with Crippen LogP contribution >= 0.6 is 0 Å². The number of benzene rings is 7. The zero-order chi connectivity index (χ0) is 37.8. The maximum Gasteiger partial charge on any atom is 0.178 e. The Bertz CT molecular complexity index is 2930. The van der Waals surface area contributed by atoms with Gasteiger partial charge in [-0.1, -0.05) is 161 Å². The third-order valence-electron chi connectivity index (χ3n) is 12.0. The molecule has 1 aromatic heterocycles. The van der Waals surface area contributed by atoms with Gasteiger partial charge in [0, 0.05) is 38.6 Å². The first kappa shape index (κ1) is 32.6. The van der Waals surface area contributed by atoms with Crippen LogP contribution in [0.25, 0.3) is 67.5 Å². The van der Waals surface area contributed by atoms with E-state index in [0.717, 1.165) is 39.1 Å². The highest BCUT2D eigenvalue weighted by atomic mass is 16.6. The summed E-state index contributed by atoms with van der Waals surface area (Å²) in [4.78, 5) is 15.5. The number of hydrogen-bond acceptors (Lipinski definition) is 5. The van der Waals surface area contributed by atoms with E-state index in [2.05, 4.69) is 119 Å². The van der Waals surface area contributed by atoms with Crippen molar-refractivity contribution in [1.82, 2.24) is 15.0 Å². The van der Waals surface area contributed by atoms with Gasteiger partial charge in [0.15, 0.2) is 40.5 Å². The van der Waals surface area contributed by atoms with Crippen LogP contribution in [0.2, 0.25) is 0 Å². The van der Waals surface area contributed by atoms with Crippen LogP contribution in [0.15, 0.2) is 152 Å². The van der Waals surface area contributed by atoms with Crippen LogP contribution in [-0.4, -0.2) is 15.0 Å². The summed E-state index contributed by atoms with van der Waals surface area (Å²) in [6.45, 7) is 9.14. The summed E-state index contributed by atoms with van der Waals surface area (Å²) in [6.07, 6.45) is 0. The lowest BCUT2D eigenvalue weighted by Crippen LogP contribution is -2.15. The number of hydrogen-bond donors (Lipinski definition) is 0. The van der Waals surface area contributed by atoms with Crippen molar-refractivity contribution in [2.45, 2.75) is 38.5 Å². The van der Waals surface area contributed by atoms with Crippen molar-refractivity contribution in [2.24, 2.45) is 0 Å². The predicted molar refractivity (Wildman–Crippen MR) is 223 cm³/mol. The summed E-state index contributed by atoms with van der Waals surface area (Å²) in [5, 5.41) is 0. The minimum absolute atomic E-state index is 0.144. The van der Waals surface area contributed by atoms with Crippen molar-refractivity contribution in [3.63, 3.8) is 0 Å². The van der Waals surface area contributed by atoms with Gasteiger partial charge in [-0.05, 0) is 62.7 Å². The van der Waals surface area contributed by atoms with Crippen LogP contribution in [0, 0.1) is 0 Å². The minimum atomic E-state index is -0.153. The molecule has 0 saturated heterocycles. The summed E-state index contributed by atoms with van der Waals surface area (Å²) >= 11 is 0. The van der Waals surface area contributed by atoms with Gasteiger partial charge in [0.05, 0.1) is 0 Å². The molecule has 56 heavy (non-hydrogen) atoms. The molecule has 8 aromatic rings. The highest BCUT2D eigenvalue weighted by molar-refractivity contribution is 5.91. The molecule has 0 bridgehead atoms. The Morgan fingerprint density at radius 2 is 0.911 bits per heavy atom. The van der Waals surface area contributed by atoms with Gasteiger partial charge in [0.25, 0.3) is 0 Å². The fourth-order valence-corrected chi connectivity index (χ4v) is 9.16. The molecule has 0 fully saturated rings. The third kappa shape index (κ3) is 4.70. The molecule has 3 aliphatic rings. The molecule has 1 aliphatic heterocycles. The maximum absolute atomic E-state index is 6.86. The Morgan fingerprint density at radius 3 is 1.70 bits per heavy atom. The lowest BCUT2D eigenvalue weighted by atomic mass is 9.82. The Balaban J connectivity index is 1.05. The molecule has 7 aromatic carbocycles. The number of fused-ring (bicyclic) bond motifs is 9. The summed E-state index contributed by atoms with van der Waals surface area (Å²) in [5.41, 5.74) is 14.2. The zero-order valence-electron chi connectivity index (χ0n) is 31.6. The topological polar surface area (TPSA) is 57.1 Å². The first-order valence-corrected chi connectivity index (χ1v) is 19.2. The Morgan fingerprint density at radius 1 is 0.357 bits per heavy atom. The van der Waals surface area contributed by atoms with E-state index >= 15 is 0 Å². The molecule has 0 amide bonds. The van der Waals surface area contributed by atoms with Crippen LogP contribution in [0.5, 0.6) is 23.0 Å². The fourth-order valence-electron chi connectivity index (χ4n) is 9.16. The molecule has 2 heterocycles. The normalized spacial score (nSPS) is 14.6. The summed E-state index contributed by atoms with van der Waals surface area (Å²) in [6, 6.07) is 52.7. The molecular weight excluding hydrogens is 687 g/mol. The maximum atomic E-state index is 6.86. The third-order valence-corrected chi connectivity index (χ3v) is 12.0. The highest BCUT2D eigenvalue weighted by Crippen LogP contribution is 2.59. The quantitative estimate of drug-likeness (QED) is 0.181. The van der Waals surface area contributed by atoms with Crippen LogP contribution < -0.4 is 9.47 Å².